The van der Waals surface area contributed by atoms with Crippen LogP contribution in [0.25, 0.3) is 0 Å². The fourth-order valence-electron chi connectivity index (χ4n) is 1.28. The van der Waals surface area contributed by atoms with Gasteiger partial charge in [-0.1, -0.05) is 21.1 Å². The van der Waals surface area contributed by atoms with Crippen LogP contribution >= 0.6 is 15.9 Å². The predicted molar refractivity (Wildman–Crippen MR) is 67.7 cm³/mol. The van der Waals surface area contributed by atoms with Gasteiger partial charge in [0.2, 0.25) is 0 Å². The highest BCUT2D eigenvalue weighted by atomic mass is 79.9. The minimum atomic E-state index is -1.29. The van der Waals surface area contributed by atoms with E-state index in [0.29, 0.717) is 4.90 Å². The summed E-state index contributed by atoms with van der Waals surface area (Å²) in [6.45, 7) is 0. The summed E-state index contributed by atoms with van der Waals surface area (Å²) in [6.07, 6.45) is 0. The first-order chi connectivity index (χ1) is 8.56. The van der Waals surface area contributed by atoms with Crippen molar-refractivity contribution < 1.29 is 18.6 Å². The molecule has 0 saturated heterocycles. The maximum Gasteiger partial charge on any atom is 0.358 e. The average molecular weight is 330 g/mol. The quantitative estimate of drug-likeness (QED) is 0.931. The van der Waals surface area contributed by atoms with Gasteiger partial charge in [-0.15, -0.1) is 0 Å². The summed E-state index contributed by atoms with van der Waals surface area (Å²) in [4.78, 5) is 11.2. The second-order valence-electron chi connectivity index (χ2n) is 3.43. The van der Waals surface area contributed by atoms with Crippen LogP contribution < -0.4 is 0 Å². The Morgan fingerprint density at radius 2 is 2.06 bits per heavy atom. The number of hydrogen-bond acceptors (Lipinski definition) is 4. The van der Waals surface area contributed by atoms with Gasteiger partial charge in [-0.25, -0.2) is 4.79 Å². The minimum absolute atomic E-state index is 0.0991. The zero-order valence-electron chi connectivity index (χ0n) is 9.00. The number of aromatic carboxylic acids is 1. The first kappa shape index (κ1) is 13.0. The zero-order valence-corrected chi connectivity index (χ0v) is 11.4. The van der Waals surface area contributed by atoms with E-state index >= 15 is 0 Å². The molecule has 0 radical (unpaired) electrons. The summed E-state index contributed by atoms with van der Waals surface area (Å²) in [6, 6.07) is 8.31. The van der Waals surface area contributed by atoms with Crippen LogP contribution in [0.1, 0.15) is 16.2 Å². The van der Waals surface area contributed by atoms with Crippen LogP contribution in [-0.2, 0) is 16.6 Å². The number of rotatable bonds is 4. The summed E-state index contributed by atoms with van der Waals surface area (Å²) in [5, 5.41) is 12.0. The zero-order chi connectivity index (χ0) is 13.1. The lowest BCUT2D eigenvalue weighted by Crippen LogP contribution is -1.96. The second-order valence-corrected chi connectivity index (χ2v) is 5.79. The Morgan fingerprint density at radius 1 is 1.39 bits per heavy atom. The molecule has 0 aliphatic carbocycles. The van der Waals surface area contributed by atoms with E-state index in [2.05, 4.69) is 21.1 Å². The van der Waals surface area contributed by atoms with Crippen molar-refractivity contribution in [3.63, 3.8) is 0 Å². The van der Waals surface area contributed by atoms with Gasteiger partial charge in [0.1, 0.15) is 5.76 Å². The summed E-state index contributed by atoms with van der Waals surface area (Å²) in [5.41, 5.74) is -0.183. The third kappa shape index (κ3) is 3.05. The fourth-order valence-corrected chi connectivity index (χ4v) is 2.55. The molecule has 0 fully saturated rings. The topological polar surface area (TPSA) is 80.4 Å². The molecule has 0 saturated carbocycles. The molecule has 94 valence electrons. The van der Waals surface area contributed by atoms with Crippen molar-refractivity contribution in [1.82, 2.24) is 5.16 Å². The lowest BCUT2D eigenvalue weighted by Gasteiger charge is -1.99. The largest absolute Gasteiger partial charge is 0.476 e. The van der Waals surface area contributed by atoms with Crippen LogP contribution in [0.4, 0.5) is 0 Å². The van der Waals surface area contributed by atoms with Gasteiger partial charge in [-0.3, -0.25) is 4.21 Å². The molecule has 1 heterocycles. The van der Waals surface area contributed by atoms with Gasteiger partial charge in [0.05, 0.1) is 16.6 Å². The van der Waals surface area contributed by atoms with E-state index in [1.165, 1.54) is 6.07 Å². The van der Waals surface area contributed by atoms with E-state index in [1.807, 2.05) is 0 Å². The Morgan fingerprint density at radius 3 is 2.61 bits per heavy atom. The first-order valence-electron chi connectivity index (χ1n) is 4.89. The number of benzene rings is 1. The lowest BCUT2D eigenvalue weighted by molar-refractivity contribution is 0.0685. The molecule has 0 spiro atoms. The third-order valence-electron chi connectivity index (χ3n) is 2.13. The van der Waals surface area contributed by atoms with Gasteiger partial charge in [0.15, 0.2) is 5.69 Å². The van der Waals surface area contributed by atoms with Crippen molar-refractivity contribution in [2.75, 3.05) is 0 Å². The molecule has 1 N–H and O–H groups in total. The normalized spacial score (nSPS) is 12.3. The monoisotopic (exact) mass is 329 g/mol. The molecular formula is C11H8BrNO4S. The molecule has 1 aromatic carbocycles. The van der Waals surface area contributed by atoms with Gasteiger partial charge < -0.3 is 9.63 Å². The smallest absolute Gasteiger partial charge is 0.358 e. The highest BCUT2D eigenvalue weighted by Crippen LogP contribution is 2.16. The number of carboxylic acids is 1. The Hall–Kier alpha value is -1.47. The van der Waals surface area contributed by atoms with Crippen molar-refractivity contribution in [1.29, 1.82) is 0 Å². The van der Waals surface area contributed by atoms with Crippen molar-refractivity contribution in [2.24, 2.45) is 0 Å². The van der Waals surface area contributed by atoms with Gasteiger partial charge in [-0.05, 0) is 24.3 Å². The number of aromatic nitrogens is 1. The molecule has 1 aromatic heterocycles. The summed E-state index contributed by atoms with van der Waals surface area (Å²) in [5.74, 6) is -0.782. The number of carboxylic acid groups (broad SMARTS) is 1. The highest BCUT2D eigenvalue weighted by Gasteiger charge is 2.13. The molecule has 0 amide bonds. The predicted octanol–water partition coefficient (Wildman–Crippen LogP) is 2.44. The Labute approximate surface area is 113 Å². The van der Waals surface area contributed by atoms with Gasteiger partial charge >= 0.3 is 5.97 Å². The molecule has 0 aliphatic heterocycles. The fraction of sp³-hybridized carbons (Fsp3) is 0.0909. The van der Waals surface area contributed by atoms with Gasteiger partial charge in [0.25, 0.3) is 0 Å². The Bertz CT molecular complexity index is 593. The second kappa shape index (κ2) is 5.45. The highest BCUT2D eigenvalue weighted by molar-refractivity contribution is 9.10. The van der Waals surface area contributed by atoms with E-state index in [4.69, 9.17) is 9.63 Å². The number of carbonyl (C=O) groups is 1. The van der Waals surface area contributed by atoms with Crippen LogP contribution in [0.3, 0.4) is 0 Å². The molecule has 18 heavy (non-hydrogen) atoms. The molecule has 1 atom stereocenters. The average Bonchev–Trinajstić information content (AvgIpc) is 2.78. The van der Waals surface area contributed by atoms with Crippen LogP contribution in [-0.4, -0.2) is 20.4 Å². The van der Waals surface area contributed by atoms with Gasteiger partial charge in [-0.2, -0.15) is 0 Å². The Kier molecular flexibility index (Phi) is 3.93. The van der Waals surface area contributed by atoms with Crippen molar-refractivity contribution in [3.05, 3.63) is 46.3 Å². The van der Waals surface area contributed by atoms with Crippen LogP contribution in [0.5, 0.6) is 0 Å². The van der Waals surface area contributed by atoms with Crippen LogP contribution in [0, 0.1) is 0 Å². The summed E-state index contributed by atoms with van der Waals surface area (Å²) >= 11 is 3.29. The molecule has 0 bridgehead atoms. The van der Waals surface area contributed by atoms with E-state index < -0.39 is 16.8 Å². The third-order valence-corrected chi connectivity index (χ3v) is 4.00. The van der Waals surface area contributed by atoms with Gasteiger partial charge in [0, 0.05) is 15.4 Å². The van der Waals surface area contributed by atoms with Crippen LogP contribution in [0.15, 0.2) is 44.2 Å². The number of halogens is 1. The molecule has 2 aromatic rings. The van der Waals surface area contributed by atoms with E-state index in [-0.39, 0.29) is 17.2 Å². The standard InChI is InChI=1S/C11H8BrNO4S/c12-7-1-3-9(4-2-7)18(16)6-8-5-10(11(14)15)13-17-8/h1-5H,6H2,(H,14,15). The molecular weight excluding hydrogens is 322 g/mol. The number of hydrogen-bond donors (Lipinski definition) is 1. The Balaban J connectivity index is 2.11. The summed E-state index contributed by atoms with van der Waals surface area (Å²) < 4.78 is 17.7. The van der Waals surface area contributed by atoms with Crippen molar-refractivity contribution >= 4 is 32.7 Å². The van der Waals surface area contributed by atoms with Crippen molar-refractivity contribution in [3.8, 4) is 0 Å². The molecule has 2 rings (SSSR count). The van der Waals surface area contributed by atoms with Crippen LogP contribution in [0.2, 0.25) is 0 Å². The molecule has 1 unspecified atom stereocenters. The summed E-state index contributed by atoms with van der Waals surface area (Å²) in [7, 11) is -1.29. The maximum atomic E-state index is 12.0. The van der Waals surface area contributed by atoms with Crippen molar-refractivity contribution in [2.45, 2.75) is 10.6 Å². The lowest BCUT2D eigenvalue weighted by atomic mass is 10.4. The minimum Gasteiger partial charge on any atom is -0.476 e. The van der Waals surface area contributed by atoms with E-state index in [9.17, 15) is 9.00 Å². The molecule has 0 aliphatic rings. The van der Waals surface area contributed by atoms with E-state index in [0.717, 1.165) is 4.47 Å². The number of nitrogens with zero attached hydrogens (tertiary/aromatic N) is 1. The molecule has 7 heteroatoms. The maximum absolute atomic E-state index is 12.0. The van der Waals surface area contributed by atoms with E-state index in [1.54, 1.807) is 24.3 Å². The molecule has 5 nitrogen and oxygen atoms in total. The first-order valence-corrected chi connectivity index (χ1v) is 7.00. The SMILES string of the molecule is O=C(O)c1cc(CS(=O)c2ccc(Br)cc2)on1.